The van der Waals surface area contributed by atoms with Gasteiger partial charge in [0.2, 0.25) is 11.0 Å². The molecule has 0 amide bonds. The normalized spacial score (nSPS) is 10.2. The molecule has 0 aliphatic carbocycles. The number of methoxy groups -OCH3 is 1. The Morgan fingerprint density at radius 2 is 2.06 bits per heavy atom. The predicted octanol–water partition coefficient (Wildman–Crippen LogP) is 2.31. The number of ether oxygens (including phenoxy) is 1. The Morgan fingerprint density at radius 3 is 2.76 bits per heavy atom. The lowest BCUT2D eigenvalue weighted by atomic mass is 10.2. The van der Waals surface area contributed by atoms with Crippen molar-refractivity contribution in [3.05, 3.63) is 41.8 Å². The summed E-state index contributed by atoms with van der Waals surface area (Å²) < 4.78 is 17.6. The van der Waals surface area contributed by atoms with Gasteiger partial charge in [-0.1, -0.05) is 23.9 Å². The van der Waals surface area contributed by atoms with Crippen LogP contribution in [-0.2, 0) is 5.75 Å². The topological polar surface area (TPSA) is 47.9 Å². The van der Waals surface area contributed by atoms with Gasteiger partial charge in [-0.3, -0.25) is 0 Å². The van der Waals surface area contributed by atoms with E-state index in [2.05, 4.69) is 15.2 Å². The van der Waals surface area contributed by atoms with Crippen LogP contribution in [0.25, 0.3) is 0 Å². The first-order valence-corrected chi connectivity index (χ1v) is 5.87. The molecule has 0 fully saturated rings. The average Bonchev–Trinajstić information content (AvgIpc) is 2.38. The molecule has 6 heteroatoms. The molecular formula is C11H10FN3OS. The van der Waals surface area contributed by atoms with E-state index < -0.39 is 0 Å². The molecule has 0 atom stereocenters. The summed E-state index contributed by atoms with van der Waals surface area (Å²) in [7, 11) is 1.53. The Bertz CT molecular complexity index is 492. The van der Waals surface area contributed by atoms with Crippen LogP contribution in [0, 0.1) is 5.82 Å². The molecule has 0 aliphatic heterocycles. The number of rotatable bonds is 4. The van der Waals surface area contributed by atoms with Crippen molar-refractivity contribution in [3.63, 3.8) is 0 Å². The molecule has 88 valence electrons. The van der Waals surface area contributed by atoms with Gasteiger partial charge >= 0.3 is 0 Å². The number of aromatic nitrogens is 3. The van der Waals surface area contributed by atoms with Crippen molar-refractivity contribution in [3.8, 4) is 5.88 Å². The van der Waals surface area contributed by atoms with Gasteiger partial charge in [-0.15, -0.1) is 5.10 Å². The van der Waals surface area contributed by atoms with Gasteiger partial charge in [0.15, 0.2) is 0 Å². The molecule has 2 rings (SSSR count). The lowest BCUT2D eigenvalue weighted by molar-refractivity contribution is 0.388. The van der Waals surface area contributed by atoms with Crippen LogP contribution in [0.4, 0.5) is 4.39 Å². The van der Waals surface area contributed by atoms with E-state index in [0.717, 1.165) is 5.56 Å². The van der Waals surface area contributed by atoms with Crippen molar-refractivity contribution < 1.29 is 9.13 Å². The molecular weight excluding hydrogens is 241 g/mol. The first kappa shape index (κ1) is 11.8. The van der Waals surface area contributed by atoms with Crippen LogP contribution in [0.15, 0.2) is 35.6 Å². The minimum Gasteiger partial charge on any atom is -0.480 e. The Balaban J connectivity index is 1.99. The van der Waals surface area contributed by atoms with E-state index in [1.807, 2.05) is 0 Å². The highest BCUT2D eigenvalue weighted by Crippen LogP contribution is 2.19. The summed E-state index contributed by atoms with van der Waals surface area (Å²) in [6.07, 6.45) is 1.45. The van der Waals surface area contributed by atoms with E-state index in [1.54, 1.807) is 12.1 Å². The Hall–Kier alpha value is -1.69. The van der Waals surface area contributed by atoms with Gasteiger partial charge in [0.25, 0.3) is 0 Å². The molecule has 0 spiro atoms. The summed E-state index contributed by atoms with van der Waals surface area (Å²) in [5, 5.41) is 8.17. The molecule has 0 aliphatic rings. The maximum absolute atomic E-state index is 12.7. The number of nitrogens with zero attached hydrogens (tertiary/aromatic N) is 3. The number of benzene rings is 1. The van der Waals surface area contributed by atoms with Crippen LogP contribution in [0.3, 0.4) is 0 Å². The Morgan fingerprint density at radius 1 is 1.29 bits per heavy atom. The third kappa shape index (κ3) is 3.39. The predicted molar refractivity (Wildman–Crippen MR) is 62.3 cm³/mol. The standard InChI is InChI=1S/C11H10FN3OS/c1-16-10-6-13-15-11(14-10)17-7-8-2-4-9(12)5-3-8/h2-6H,7H2,1H3. The quantitative estimate of drug-likeness (QED) is 0.780. The first-order valence-electron chi connectivity index (χ1n) is 4.89. The van der Waals surface area contributed by atoms with Crippen LogP contribution in [-0.4, -0.2) is 22.3 Å². The molecule has 0 N–H and O–H groups in total. The zero-order valence-electron chi connectivity index (χ0n) is 9.13. The Kier molecular flexibility index (Phi) is 3.87. The Labute approximate surface area is 102 Å². The summed E-state index contributed by atoms with van der Waals surface area (Å²) >= 11 is 1.42. The summed E-state index contributed by atoms with van der Waals surface area (Å²) in [6, 6.07) is 6.33. The molecule has 0 bridgehead atoms. The smallest absolute Gasteiger partial charge is 0.236 e. The molecule has 4 nitrogen and oxygen atoms in total. The third-order valence-corrected chi connectivity index (χ3v) is 2.92. The summed E-state index contributed by atoms with van der Waals surface area (Å²) in [5.74, 6) is 0.856. The van der Waals surface area contributed by atoms with E-state index in [1.165, 1.54) is 37.2 Å². The SMILES string of the molecule is COc1cnnc(SCc2ccc(F)cc2)n1. The molecule has 0 radical (unpaired) electrons. The molecule has 0 saturated carbocycles. The number of thioether (sulfide) groups is 1. The second kappa shape index (κ2) is 5.58. The molecule has 1 heterocycles. The lowest BCUT2D eigenvalue weighted by Gasteiger charge is -2.01. The summed E-state index contributed by atoms with van der Waals surface area (Å²) in [6.45, 7) is 0. The second-order valence-electron chi connectivity index (χ2n) is 3.20. The molecule has 2 aromatic rings. The minimum atomic E-state index is -0.238. The highest BCUT2D eigenvalue weighted by atomic mass is 32.2. The van der Waals surface area contributed by atoms with Crippen LogP contribution in [0.5, 0.6) is 5.88 Å². The van der Waals surface area contributed by atoms with Crippen molar-refractivity contribution in [1.29, 1.82) is 0 Å². The van der Waals surface area contributed by atoms with Crippen molar-refractivity contribution in [2.75, 3.05) is 7.11 Å². The zero-order chi connectivity index (χ0) is 12.1. The first-order chi connectivity index (χ1) is 8.28. The van der Waals surface area contributed by atoms with Gasteiger partial charge in [-0.25, -0.2) is 4.39 Å². The largest absolute Gasteiger partial charge is 0.480 e. The van der Waals surface area contributed by atoms with Crippen LogP contribution < -0.4 is 4.74 Å². The lowest BCUT2D eigenvalue weighted by Crippen LogP contribution is -1.94. The average molecular weight is 251 g/mol. The van der Waals surface area contributed by atoms with Gasteiger partial charge in [0.05, 0.1) is 7.11 Å². The fraction of sp³-hybridized carbons (Fsp3) is 0.182. The number of hydrogen-bond donors (Lipinski definition) is 0. The van der Waals surface area contributed by atoms with Crippen LogP contribution in [0.2, 0.25) is 0 Å². The maximum atomic E-state index is 12.7. The van der Waals surface area contributed by atoms with E-state index in [4.69, 9.17) is 4.74 Å². The number of halogens is 1. The highest BCUT2D eigenvalue weighted by molar-refractivity contribution is 7.98. The van der Waals surface area contributed by atoms with Gasteiger partial charge in [0.1, 0.15) is 12.0 Å². The minimum absolute atomic E-state index is 0.238. The van der Waals surface area contributed by atoms with Crippen LogP contribution in [0.1, 0.15) is 5.56 Å². The van der Waals surface area contributed by atoms with E-state index in [9.17, 15) is 4.39 Å². The number of hydrogen-bond acceptors (Lipinski definition) is 5. The zero-order valence-corrected chi connectivity index (χ0v) is 9.95. The van der Waals surface area contributed by atoms with E-state index in [-0.39, 0.29) is 5.82 Å². The van der Waals surface area contributed by atoms with Gasteiger partial charge in [-0.05, 0) is 17.7 Å². The van der Waals surface area contributed by atoms with Crippen molar-refractivity contribution in [2.24, 2.45) is 0 Å². The fourth-order valence-corrected chi connectivity index (χ4v) is 1.91. The molecule has 0 saturated heterocycles. The van der Waals surface area contributed by atoms with Crippen LogP contribution >= 0.6 is 11.8 Å². The van der Waals surface area contributed by atoms with Crippen molar-refractivity contribution in [2.45, 2.75) is 10.9 Å². The monoisotopic (exact) mass is 251 g/mol. The molecule has 17 heavy (non-hydrogen) atoms. The molecule has 1 aromatic carbocycles. The second-order valence-corrected chi connectivity index (χ2v) is 4.14. The van der Waals surface area contributed by atoms with Gasteiger partial charge in [-0.2, -0.15) is 10.1 Å². The highest BCUT2D eigenvalue weighted by Gasteiger charge is 2.02. The third-order valence-electron chi connectivity index (χ3n) is 2.01. The summed E-state index contributed by atoms with van der Waals surface area (Å²) in [5.41, 5.74) is 1.00. The summed E-state index contributed by atoms with van der Waals surface area (Å²) in [4.78, 5) is 4.12. The molecule has 0 unspecified atom stereocenters. The van der Waals surface area contributed by atoms with Gasteiger partial charge < -0.3 is 4.74 Å². The molecule has 1 aromatic heterocycles. The van der Waals surface area contributed by atoms with Gasteiger partial charge in [0, 0.05) is 5.75 Å². The van der Waals surface area contributed by atoms with E-state index >= 15 is 0 Å². The van der Waals surface area contributed by atoms with Crippen molar-refractivity contribution in [1.82, 2.24) is 15.2 Å². The van der Waals surface area contributed by atoms with Crippen molar-refractivity contribution >= 4 is 11.8 Å². The van der Waals surface area contributed by atoms with E-state index in [0.29, 0.717) is 16.8 Å². The maximum Gasteiger partial charge on any atom is 0.236 e. The fourth-order valence-electron chi connectivity index (χ4n) is 1.16.